The summed E-state index contributed by atoms with van der Waals surface area (Å²) >= 11 is 0. The summed E-state index contributed by atoms with van der Waals surface area (Å²) in [6.45, 7) is 2.12. The first-order valence-electron chi connectivity index (χ1n) is 3.35. The zero-order chi connectivity index (χ0) is 8.27. The van der Waals surface area contributed by atoms with Crippen LogP contribution in [0, 0.1) is 19.3 Å². The molecule has 11 heavy (non-hydrogen) atoms. The van der Waals surface area contributed by atoms with E-state index in [0.717, 1.165) is 5.56 Å². The molecule has 0 unspecified atom stereocenters. The third-order valence-corrected chi connectivity index (χ3v) is 1.47. The van der Waals surface area contributed by atoms with Crippen LogP contribution >= 0.6 is 0 Å². The Balaban J connectivity index is 3.20. The average Bonchev–Trinajstić information content (AvgIpc) is 1.99. The summed E-state index contributed by atoms with van der Waals surface area (Å²) in [5.41, 5.74) is 0.716. The zero-order valence-corrected chi connectivity index (χ0v) is 6.37. The topological polar surface area (TPSA) is 22.0 Å². The lowest BCUT2D eigenvalue weighted by molar-refractivity contribution is 0.788. The van der Waals surface area contributed by atoms with Crippen LogP contribution < -0.4 is 5.56 Å². The molecule has 1 aromatic rings. The first-order valence-corrected chi connectivity index (χ1v) is 3.35. The Kier molecular flexibility index (Phi) is 2.12. The van der Waals surface area contributed by atoms with Crippen LogP contribution in [0.4, 0.5) is 0 Å². The van der Waals surface area contributed by atoms with Crippen molar-refractivity contribution in [1.29, 1.82) is 0 Å². The quantitative estimate of drug-likeness (QED) is 0.538. The van der Waals surface area contributed by atoms with E-state index in [0.29, 0.717) is 6.54 Å². The Morgan fingerprint density at radius 1 is 1.73 bits per heavy atom. The summed E-state index contributed by atoms with van der Waals surface area (Å²) in [5, 5.41) is 0. The van der Waals surface area contributed by atoms with Crippen molar-refractivity contribution in [2.75, 3.05) is 0 Å². The fourth-order valence-electron chi connectivity index (χ4n) is 0.880. The normalized spacial score (nSPS) is 9.09. The van der Waals surface area contributed by atoms with Crippen molar-refractivity contribution in [2.24, 2.45) is 0 Å². The smallest absolute Gasteiger partial charge is 0.254 e. The molecule has 0 saturated heterocycles. The van der Waals surface area contributed by atoms with E-state index in [1.165, 1.54) is 4.57 Å². The second kappa shape index (κ2) is 3.07. The van der Waals surface area contributed by atoms with Crippen LogP contribution in [0.1, 0.15) is 5.56 Å². The molecule has 56 valence electrons. The molecule has 0 N–H and O–H groups in total. The molecule has 0 radical (unpaired) electrons. The van der Waals surface area contributed by atoms with Gasteiger partial charge < -0.3 is 4.57 Å². The molecule has 1 rings (SSSR count). The van der Waals surface area contributed by atoms with Crippen molar-refractivity contribution in [2.45, 2.75) is 13.5 Å². The number of pyridine rings is 1. The molecule has 0 amide bonds. The highest BCUT2D eigenvalue weighted by Crippen LogP contribution is 1.87. The summed E-state index contributed by atoms with van der Waals surface area (Å²) in [5.74, 6) is 2.42. The minimum absolute atomic E-state index is 0.00884. The number of rotatable bonds is 1. The Morgan fingerprint density at radius 3 is 3.09 bits per heavy atom. The minimum atomic E-state index is -0.00884. The predicted octanol–water partition coefficient (Wildman–Crippen LogP) is 0.790. The van der Waals surface area contributed by atoms with Gasteiger partial charge in [0.15, 0.2) is 0 Å². The molecule has 0 aliphatic rings. The molecule has 2 heteroatoms. The van der Waals surface area contributed by atoms with Crippen LogP contribution in [0.15, 0.2) is 23.1 Å². The van der Waals surface area contributed by atoms with E-state index in [2.05, 4.69) is 5.92 Å². The van der Waals surface area contributed by atoms with Gasteiger partial charge in [-0.1, -0.05) is 12.0 Å². The van der Waals surface area contributed by atoms with Crippen molar-refractivity contribution in [3.05, 3.63) is 34.2 Å². The standard InChI is InChI=1S/C9H9NO/c1-3-6-10-7-4-5-8(2)9(10)11/h1,4-5,7H,6H2,2H3. The van der Waals surface area contributed by atoms with Gasteiger partial charge in [0, 0.05) is 11.8 Å². The van der Waals surface area contributed by atoms with Gasteiger partial charge in [-0.05, 0) is 13.0 Å². The maximum Gasteiger partial charge on any atom is 0.254 e. The lowest BCUT2D eigenvalue weighted by Gasteiger charge is -1.99. The maximum atomic E-state index is 11.2. The minimum Gasteiger partial charge on any atom is -0.304 e. The molecule has 2 nitrogen and oxygen atoms in total. The molecule has 0 spiro atoms. The van der Waals surface area contributed by atoms with Crippen molar-refractivity contribution < 1.29 is 0 Å². The van der Waals surface area contributed by atoms with Crippen LogP contribution in [0.2, 0.25) is 0 Å². The molecule has 0 saturated carbocycles. The van der Waals surface area contributed by atoms with Crippen molar-refractivity contribution in [1.82, 2.24) is 4.57 Å². The summed E-state index contributed by atoms with van der Waals surface area (Å²) in [6.07, 6.45) is 6.76. The first kappa shape index (κ1) is 7.62. The third kappa shape index (κ3) is 1.50. The van der Waals surface area contributed by atoms with Gasteiger partial charge in [-0.3, -0.25) is 4.79 Å². The number of aryl methyl sites for hydroxylation is 1. The Hall–Kier alpha value is -1.49. The lowest BCUT2D eigenvalue weighted by atomic mass is 10.3. The molecule has 0 aliphatic heterocycles. The van der Waals surface area contributed by atoms with Crippen LogP contribution in [-0.2, 0) is 6.54 Å². The Morgan fingerprint density at radius 2 is 2.45 bits per heavy atom. The molecule has 0 aliphatic carbocycles. The molecule has 0 aromatic carbocycles. The van der Waals surface area contributed by atoms with E-state index in [1.54, 1.807) is 19.2 Å². The monoisotopic (exact) mass is 147 g/mol. The molecule has 1 heterocycles. The summed E-state index contributed by atoms with van der Waals surface area (Å²) in [7, 11) is 0. The zero-order valence-electron chi connectivity index (χ0n) is 6.37. The van der Waals surface area contributed by atoms with E-state index in [9.17, 15) is 4.79 Å². The third-order valence-electron chi connectivity index (χ3n) is 1.47. The molecule has 0 fully saturated rings. The Bertz CT molecular complexity index is 343. The van der Waals surface area contributed by atoms with Crippen LogP contribution in [0.3, 0.4) is 0 Å². The Labute approximate surface area is 65.5 Å². The van der Waals surface area contributed by atoms with Gasteiger partial charge in [0.1, 0.15) is 0 Å². The number of aromatic nitrogens is 1. The predicted molar refractivity (Wildman–Crippen MR) is 44.3 cm³/mol. The van der Waals surface area contributed by atoms with Crippen molar-refractivity contribution in [3.8, 4) is 12.3 Å². The number of nitrogens with zero attached hydrogens (tertiary/aromatic N) is 1. The average molecular weight is 147 g/mol. The van der Waals surface area contributed by atoms with Gasteiger partial charge >= 0.3 is 0 Å². The van der Waals surface area contributed by atoms with E-state index in [4.69, 9.17) is 6.42 Å². The molecule has 0 atom stereocenters. The highest BCUT2D eigenvalue weighted by atomic mass is 16.1. The summed E-state index contributed by atoms with van der Waals surface area (Å²) in [4.78, 5) is 11.2. The fraction of sp³-hybridized carbons (Fsp3) is 0.222. The van der Waals surface area contributed by atoms with Crippen molar-refractivity contribution >= 4 is 0 Å². The lowest BCUT2D eigenvalue weighted by Crippen LogP contribution is -2.20. The first-order chi connectivity index (χ1) is 5.25. The van der Waals surface area contributed by atoms with Gasteiger partial charge in [-0.25, -0.2) is 0 Å². The summed E-state index contributed by atoms with van der Waals surface area (Å²) in [6, 6.07) is 3.59. The molecular weight excluding hydrogens is 138 g/mol. The fourth-order valence-corrected chi connectivity index (χ4v) is 0.880. The van der Waals surface area contributed by atoms with E-state index in [1.807, 2.05) is 6.07 Å². The second-order valence-corrected chi connectivity index (χ2v) is 2.33. The van der Waals surface area contributed by atoms with Gasteiger partial charge in [0.05, 0.1) is 6.54 Å². The van der Waals surface area contributed by atoms with Gasteiger partial charge in [-0.15, -0.1) is 6.42 Å². The van der Waals surface area contributed by atoms with Crippen LogP contribution in [0.5, 0.6) is 0 Å². The number of hydrogen-bond acceptors (Lipinski definition) is 1. The highest BCUT2D eigenvalue weighted by molar-refractivity contribution is 5.08. The maximum absolute atomic E-state index is 11.2. The number of hydrogen-bond donors (Lipinski definition) is 0. The van der Waals surface area contributed by atoms with Crippen LogP contribution in [-0.4, -0.2) is 4.57 Å². The van der Waals surface area contributed by atoms with Gasteiger partial charge in [0.2, 0.25) is 0 Å². The van der Waals surface area contributed by atoms with Gasteiger partial charge in [-0.2, -0.15) is 0 Å². The van der Waals surface area contributed by atoms with E-state index < -0.39 is 0 Å². The summed E-state index contributed by atoms with van der Waals surface area (Å²) < 4.78 is 1.51. The van der Waals surface area contributed by atoms with Gasteiger partial charge in [0.25, 0.3) is 5.56 Å². The van der Waals surface area contributed by atoms with Crippen molar-refractivity contribution in [3.63, 3.8) is 0 Å². The van der Waals surface area contributed by atoms with E-state index >= 15 is 0 Å². The molecule has 0 bridgehead atoms. The molecular formula is C9H9NO. The van der Waals surface area contributed by atoms with E-state index in [-0.39, 0.29) is 5.56 Å². The number of terminal acetylenes is 1. The molecule has 1 aromatic heterocycles. The van der Waals surface area contributed by atoms with Crippen LogP contribution in [0.25, 0.3) is 0 Å². The largest absolute Gasteiger partial charge is 0.304 e. The SMILES string of the molecule is C#CCn1cccc(C)c1=O. The highest BCUT2D eigenvalue weighted by Gasteiger charge is 1.94. The second-order valence-electron chi connectivity index (χ2n) is 2.33.